The second kappa shape index (κ2) is 1630. The Kier molecular flexibility index (Phi) is 7330. The Morgan fingerprint density at radius 3 is 0.261 bits per heavy atom. The van der Waals surface area contributed by atoms with Gasteiger partial charge in [-0.2, -0.15) is 15.8 Å². The predicted molar refractivity (Wildman–Crippen MR) is 99.2 cm³/mol. The zero-order valence-corrected chi connectivity index (χ0v) is 25.2. The molecule has 0 aromatic rings. The third kappa shape index (κ3) is 616. The second-order valence-electron chi connectivity index (χ2n) is 0.300. The summed E-state index contributed by atoms with van der Waals surface area (Å²) in [6, 6.07) is 0. The number of rotatable bonds is 0. The summed E-state index contributed by atoms with van der Waals surface area (Å²) >= 11 is 6.94. The average Bonchev–Trinajstić information content (AvgIpc) is 3.23. The minimum absolute atomic E-state index is 0. The van der Waals surface area contributed by atoms with Gasteiger partial charge < -0.3 is 193 Å². The summed E-state index contributed by atoms with van der Waals surface area (Å²) in [4.78, 5) is 0. The molecule has 248 valence electrons. The molecule has 0 amide bonds. The number of aliphatic hydroxyl groups excluding tert-OH is 3. The van der Waals surface area contributed by atoms with Crippen LogP contribution >= 0.6 is 0 Å². The molecule has 0 aliphatic carbocycles. The van der Waals surface area contributed by atoms with Crippen molar-refractivity contribution >= 4 is 0 Å². The second-order valence-corrected chi connectivity index (χ2v) is 0.300. The molecule has 46 heavy (non-hydrogen) atoms. The third-order valence-corrected chi connectivity index (χ3v) is 0. The van der Waals surface area contributed by atoms with Crippen molar-refractivity contribution < 1.29 is 91.0 Å². The van der Waals surface area contributed by atoms with E-state index in [4.69, 9.17) is 220 Å². The zero-order chi connectivity index (χ0) is 44.1. The van der Waals surface area contributed by atoms with E-state index in [9.17, 15) is 0 Å². The van der Waals surface area contributed by atoms with Crippen LogP contribution in [0.2, 0.25) is 0 Å². The van der Waals surface area contributed by atoms with Gasteiger partial charge in [0.05, 0.1) is 0 Å². The molecular weight excluding hydrogens is 797 g/mol. The van der Waals surface area contributed by atoms with E-state index >= 15 is 0 Å². The van der Waals surface area contributed by atoms with Crippen molar-refractivity contribution in [2.24, 2.45) is 0 Å². The maximum atomic E-state index is 7.94. The van der Waals surface area contributed by atoms with Crippen molar-refractivity contribution in [2.75, 3.05) is 0 Å². The Morgan fingerprint density at radius 2 is 0.261 bits per heavy atom. The van der Waals surface area contributed by atoms with Crippen molar-refractivity contribution in [3.05, 3.63) is 98.6 Å². The Bertz CT molecular complexity index is 573. The van der Waals surface area contributed by atoms with Crippen LogP contribution in [-0.4, -0.2) is 15.3 Å². The first-order valence-electron chi connectivity index (χ1n) is 5.10. The van der Waals surface area contributed by atoms with Crippen LogP contribution in [0.15, 0.2) is 0 Å². The van der Waals surface area contributed by atoms with Crippen molar-refractivity contribution in [1.29, 1.82) is 94.7 Å². The maximum absolute atomic E-state index is 7.94. The molecule has 3 N–H and O–H groups in total. The van der Waals surface area contributed by atoms with Crippen LogP contribution < -0.4 is 0 Å². The fourth-order valence-electron chi connectivity index (χ4n) is 0. The van der Waals surface area contributed by atoms with Gasteiger partial charge in [-0.3, -0.25) is 0 Å². The molecule has 1 radical (unpaired) electrons. The van der Waals surface area contributed by atoms with E-state index in [0.717, 1.165) is 18.8 Å². The molecule has 0 saturated heterocycles. The zero-order valence-electron chi connectivity index (χ0n) is 21.0. The first-order valence-corrected chi connectivity index (χ1v) is 6.38. The topological polar surface area (TPSA) is 540 Å². The van der Waals surface area contributed by atoms with E-state index in [1.54, 1.807) is 0 Å². The van der Waals surface area contributed by atoms with Gasteiger partial charge in [0.2, 0.25) is 0 Å². The van der Waals surface area contributed by atoms with Gasteiger partial charge in [-0.1, -0.05) is 0 Å². The first kappa shape index (κ1) is 206. The minimum atomic E-state index is 0. The molecule has 0 saturated carbocycles. The molecule has 0 atom stereocenters. The third-order valence-electron chi connectivity index (χ3n) is 0. The van der Waals surface area contributed by atoms with E-state index in [0.29, 0.717) is 0 Å². The molecule has 0 spiro atoms. The fourth-order valence-corrected chi connectivity index (χ4v) is 0. The van der Waals surface area contributed by atoms with Crippen LogP contribution in [0.25, 0.3) is 0 Å². The van der Waals surface area contributed by atoms with Crippen molar-refractivity contribution in [3.63, 3.8) is 0 Å². The number of aliphatic hydroxyl groups is 3. The number of hydrogen-bond acceptors (Lipinski definition) is 24. The van der Waals surface area contributed by atoms with Crippen LogP contribution in [0.1, 0.15) is 0 Å². The monoisotopic (exact) mass is 800 g/mol. The SMILES string of the molecule is N#CO.N#CO.N#CO.[C-]#N.[C-]#N.[C-]#N.[C-]#N.[C-]#N.[C-]#N.[C-]#N.[C-]#N.[C-]#N.[C-]#N.[C-]#N.[C-]#N.[C-]#N.[C-]#N.[C-]#N.[Fe+3].[O]=[Co].[O]=[Co].[O]=[Co]. The van der Waals surface area contributed by atoms with Crippen LogP contribution in [0.5, 0.6) is 0 Å². The molecule has 0 aromatic heterocycles. The van der Waals surface area contributed by atoms with Gasteiger partial charge in [-0.25, -0.2) is 0 Å². The van der Waals surface area contributed by atoms with Gasteiger partial charge in [-0.05, 0) is 0 Å². The molecule has 0 aliphatic rings. The summed E-state index contributed by atoms with van der Waals surface area (Å²) in [5.74, 6) is 0. The van der Waals surface area contributed by atoms with Gasteiger partial charge in [0.25, 0.3) is 18.8 Å². The summed E-state index contributed by atoms with van der Waals surface area (Å²) < 4.78 is 23.8. The van der Waals surface area contributed by atoms with Crippen LogP contribution in [-0.2, 0) is 75.7 Å². The summed E-state index contributed by atoms with van der Waals surface area (Å²) in [5, 5.41) is 135. The van der Waals surface area contributed by atoms with Crippen molar-refractivity contribution in [2.45, 2.75) is 0 Å². The number of hydrogen-bond donors (Lipinski definition) is 3. The molecule has 0 bridgehead atoms. The van der Waals surface area contributed by atoms with Crippen LogP contribution in [0.4, 0.5) is 0 Å². The van der Waals surface area contributed by atoms with Crippen molar-refractivity contribution in [1.82, 2.24) is 0 Å². The first-order chi connectivity index (χ1) is 22.2. The summed E-state index contributed by atoms with van der Waals surface area (Å²) in [5.41, 5.74) is 0. The standard InChI is InChI=1S/3CHNO.15CN.3Co.Fe.3O/c3*2-1-3;15*1-2;;;;;;;/h3*3H;;;;;;;;;;;;;;;;;;;;;;/q;;;15*-1;;;;+3;;;. The average molecular weight is 800 g/mol. The van der Waals surface area contributed by atoms with Crippen LogP contribution in [0.3, 0.4) is 0 Å². The molecule has 0 aliphatic heterocycles. The summed E-state index contributed by atoms with van der Waals surface area (Å²) in [6.07, 6.45) is 2.25. The molecule has 0 rings (SSSR count). The molecular formula is C18H3Co3FeN18O6-12. The molecule has 28 heteroatoms. The Morgan fingerprint density at radius 1 is 0.261 bits per heavy atom. The van der Waals surface area contributed by atoms with Crippen LogP contribution in [0, 0.1) is 212 Å². The van der Waals surface area contributed by atoms with E-state index in [1.807, 2.05) is 0 Å². The number of nitriles is 3. The normalized spacial score (nSPS) is 1.43. The molecule has 24 nitrogen and oxygen atoms in total. The summed E-state index contributed by atoms with van der Waals surface area (Å²) in [7, 11) is 0. The van der Waals surface area contributed by atoms with E-state index in [1.165, 1.54) is 0 Å². The van der Waals surface area contributed by atoms with E-state index in [2.05, 4.69) is 47.0 Å². The number of nitrogens with zero attached hydrogens (tertiary/aromatic N) is 18. The van der Waals surface area contributed by atoms with E-state index < -0.39 is 0 Å². The molecule has 0 fully saturated rings. The van der Waals surface area contributed by atoms with Crippen molar-refractivity contribution in [3.8, 4) is 18.8 Å². The predicted octanol–water partition coefficient (Wildman–Crippen LogP) is 0.599. The Labute approximate surface area is 301 Å². The van der Waals surface area contributed by atoms with Gasteiger partial charge in [0, 0.05) is 0 Å². The Hall–Kier alpha value is -8.34. The Balaban J connectivity index is -0.00000000658. The van der Waals surface area contributed by atoms with Gasteiger partial charge in [0.1, 0.15) is 0 Å². The molecule has 0 aromatic carbocycles. The van der Waals surface area contributed by atoms with E-state index in [-0.39, 0.29) is 17.1 Å². The van der Waals surface area contributed by atoms with Gasteiger partial charge >= 0.3 is 75.7 Å². The van der Waals surface area contributed by atoms with Gasteiger partial charge in [-0.15, -0.1) is 0 Å². The molecule has 0 unspecified atom stereocenters. The quantitative estimate of drug-likeness (QED) is 0.171. The molecule has 0 heterocycles. The summed E-state index contributed by atoms with van der Waals surface area (Å²) in [6.45, 7) is 71.2. The fraction of sp³-hybridized carbons (Fsp3) is 0. The van der Waals surface area contributed by atoms with Gasteiger partial charge in [0.15, 0.2) is 0 Å².